The largest absolute Gasteiger partial charge is 0.508 e. The van der Waals surface area contributed by atoms with Gasteiger partial charge in [0, 0.05) is 17.7 Å². The van der Waals surface area contributed by atoms with Gasteiger partial charge in [-0.1, -0.05) is 75.4 Å². The predicted octanol–water partition coefficient (Wildman–Crippen LogP) is 5.87. The van der Waals surface area contributed by atoms with Crippen LogP contribution >= 0.6 is 0 Å². The number of benzene rings is 2. The molecule has 0 bridgehead atoms. The van der Waals surface area contributed by atoms with Crippen LogP contribution in [0, 0.1) is 0 Å². The molecule has 0 radical (unpaired) electrons. The standard InChI is InChI=1S/C22H29NO2/c1-2-3-4-5-6-10-17-21(25)22(19-15-11-12-16-20(19)24)23-18-13-8-7-9-14-18/h7-9,11-16,22-24H,2-6,10,17H2,1H3. The zero-order valence-corrected chi connectivity index (χ0v) is 15.1. The third-order valence-electron chi connectivity index (χ3n) is 4.43. The van der Waals surface area contributed by atoms with Crippen LogP contribution in [0.15, 0.2) is 54.6 Å². The summed E-state index contributed by atoms with van der Waals surface area (Å²) in [7, 11) is 0. The van der Waals surface area contributed by atoms with Crippen LogP contribution in [0.3, 0.4) is 0 Å². The van der Waals surface area contributed by atoms with Crippen LogP contribution in [0.4, 0.5) is 5.69 Å². The average molecular weight is 339 g/mol. The lowest BCUT2D eigenvalue weighted by Crippen LogP contribution is -2.21. The van der Waals surface area contributed by atoms with Gasteiger partial charge in [-0.05, 0) is 24.6 Å². The van der Waals surface area contributed by atoms with E-state index >= 15 is 0 Å². The minimum absolute atomic E-state index is 0.126. The van der Waals surface area contributed by atoms with Crippen molar-refractivity contribution in [2.45, 2.75) is 57.9 Å². The average Bonchev–Trinajstić information content (AvgIpc) is 2.64. The summed E-state index contributed by atoms with van der Waals surface area (Å²) in [5, 5.41) is 13.5. The topological polar surface area (TPSA) is 49.3 Å². The van der Waals surface area contributed by atoms with Crippen molar-refractivity contribution in [1.82, 2.24) is 0 Å². The first kappa shape index (κ1) is 19.0. The zero-order chi connectivity index (χ0) is 17.9. The molecule has 0 fully saturated rings. The van der Waals surface area contributed by atoms with Crippen LogP contribution in [0.25, 0.3) is 0 Å². The molecule has 3 nitrogen and oxygen atoms in total. The van der Waals surface area contributed by atoms with E-state index in [1.807, 2.05) is 42.5 Å². The van der Waals surface area contributed by atoms with Crippen LogP contribution in [0.5, 0.6) is 5.75 Å². The molecule has 0 amide bonds. The van der Waals surface area contributed by atoms with E-state index in [0.717, 1.165) is 18.5 Å². The summed E-state index contributed by atoms with van der Waals surface area (Å²) in [6.45, 7) is 2.20. The quantitative estimate of drug-likeness (QED) is 0.504. The second-order valence-electron chi connectivity index (χ2n) is 6.49. The summed E-state index contributed by atoms with van der Waals surface area (Å²) < 4.78 is 0. The van der Waals surface area contributed by atoms with Crippen molar-refractivity contribution in [2.75, 3.05) is 5.32 Å². The second-order valence-corrected chi connectivity index (χ2v) is 6.49. The number of para-hydroxylation sites is 2. The van der Waals surface area contributed by atoms with Crippen molar-refractivity contribution >= 4 is 11.5 Å². The van der Waals surface area contributed by atoms with Gasteiger partial charge in [0.25, 0.3) is 0 Å². The number of aromatic hydroxyl groups is 1. The van der Waals surface area contributed by atoms with Gasteiger partial charge in [-0.2, -0.15) is 0 Å². The molecule has 3 heteroatoms. The summed E-state index contributed by atoms with van der Waals surface area (Å²) in [6.07, 6.45) is 7.46. The molecule has 1 atom stereocenters. The molecule has 2 aromatic rings. The van der Waals surface area contributed by atoms with Gasteiger partial charge in [-0.3, -0.25) is 4.79 Å². The third kappa shape index (κ3) is 6.26. The van der Waals surface area contributed by atoms with Crippen molar-refractivity contribution in [3.05, 3.63) is 60.2 Å². The number of phenolic OH excluding ortho intramolecular Hbond substituents is 1. The molecule has 0 aromatic heterocycles. The first-order valence-electron chi connectivity index (χ1n) is 9.34. The molecular formula is C22H29NO2. The Morgan fingerprint density at radius 2 is 1.56 bits per heavy atom. The minimum atomic E-state index is -0.515. The van der Waals surface area contributed by atoms with Crippen molar-refractivity contribution < 1.29 is 9.90 Å². The van der Waals surface area contributed by atoms with E-state index in [-0.39, 0.29) is 11.5 Å². The molecule has 0 saturated carbocycles. The van der Waals surface area contributed by atoms with E-state index in [2.05, 4.69) is 12.2 Å². The predicted molar refractivity (Wildman–Crippen MR) is 104 cm³/mol. The molecule has 0 spiro atoms. The Hall–Kier alpha value is -2.29. The lowest BCUT2D eigenvalue weighted by molar-refractivity contribution is -0.120. The van der Waals surface area contributed by atoms with Crippen LogP contribution < -0.4 is 5.32 Å². The monoisotopic (exact) mass is 339 g/mol. The number of ketones is 1. The molecule has 2 N–H and O–H groups in total. The van der Waals surface area contributed by atoms with Crippen molar-refractivity contribution in [3.63, 3.8) is 0 Å². The number of unbranched alkanes of at least 4 members (excludes halogenated alkanes) is 5. The minimum Gasteiger partial charge on any atom is -0.508 e. The van der Waals surface area contributed by atoms with E-state index in [4.69, 9.17) is 0 Å². The normalized spacial score (nSPS) is 11.9. The highest BCUT2D eigenvalue weighted by Gasteiger charge is 2.22. The number of anilines is 1. The number of Topliss-reactive ketones (excluding diaryl/α,β-unsaturated/α-hetero) is 1. The lowest BCUT2D eigenvalue weighted by atomic mass is 9.97. The molecule has 0 aliphatic heterocycles. The van der Waals surface area contributed by atoms with E-state index in [1.54, 1.807) is 12.1 Å². The van der Waals surface area contributed by atoms with Crippen LogP contribution in [-0.4, -0.2) is 10.9 Å². The van der Waals surface area contributed by atoms with Gasteiger partial charge in [0.05, 0.1) is 0 Å². The number of carbonyl (C=O) groups excluding carboxylic acids is 1. The fourth-order valence-electron chi connectivity index (χ4n) is 2.99. The van der Waals surface area contributed by atoms with Crippen LogP contribution in [-0.2, 0) is 4.79 Å². The van der Waals surface area contributed by atoms with E-state index in [9.17, 15) is 9.90 Å². The Kier molecular flexibility index (Phi) is 8.03. The fourth-order valence-corrected chi connectivity index (χ4v) is 2.99. The van der Waals surface area contributed by atoms with Gasteiger partial charge in [0.15, 0.2) is 5.78 Å². The van der Waals surface area contributed by atoms with Gasteiger partial charge >= 0.3 is 0 Å². The van der Waals surface area contributed by atoms with Gasteiger partial charge in [0.1, 0.15) is 11.8 Å². The first-order chi connectivity index (χ1) is 12.2. The maximum atomic E-state index is 12.8. The maximum absolute atomic E-state index is 12.8. The molecule has 25 heavy (non-hydrogen) atoms. The zero-order valence-electron chi connectivity index (χ0n) is 15.1. The van der Waals surface area contributed by atoms with Crippen molar-refractivity contribution in [1.29, 1.82) is 0 Å². The number of carbonyl (C=O) groups is 1. The number of nitrogens with one attached hydrogen (secondary N) is 1. The first-order valence-corrected chi connectivity index (χ1v) is 9.34. The SMILES string of the molecule is CCCCCCCCC(=O)C(Nc1ccccc1)c1ccccc1O. The smallest absolute Gasteiger partial charge is 0.159 e. The third-order valence-corrected chi connectivity index (χ3v) is 4.43. The Bertz CT molecular complexity index is 639. The van der Waals surface area contributed by atoms with E-state index in [1.165, 1.54) is 25.7 Å². The Balaban J connectivity index is 2.01. The highest BCUT2D eigenvalue weighted by Crippen LogP contribution is 2.29. The molecule has 2 aromatic carbocycles. The van der Waals surface area contributed by atoms with Gasteiger partial charge in [-0.25, -0.2) is 0 Å². The number of phenols is 1. The number of hydrogen-bond acceptors (Lipinski definition) is 3. The molecule has 134 valence electrons. The maximum Gasteiger partial charge on any atom is 0.159 e. The Morgan fingerprint density at radius 1 is 0.920 bits per heavy atom. The summed E-state index contributed by atoms with van der Waals surface area (Å²) in [4.78, 5) is 12.8. The summed E-state index contributed by atoms with van der Waals surface area (Å²) >= 11 is 0. The molecule has 0 aliphatic rings. The summed E-state index contributed by atoms with van der Waals surface area (Å²) in [5.74, 6) is 0.285. The van der Waals surface area contributed by atoms with Gasteiger partial charge in [-0.15, -0.1) is 0 Å². The molecule has 1 unspecified atom stereocenters. The Labute approximate surface area is 151 Å². The lowest BCUT2D eigenvalue weighted by Gasteiger charge is -2.20. The second kappa shape index (κ2) is 10.5. The summed E-state index contributed by atoms with van der Waals surface area (Å²) in [5.41, 5.74) is 1.52. The van der Waals surface area contributed by atoms with Crippen molar-refractivity contribution in [3.8, 4) is 5.75 Å². The molecule has 0 aliphatic carbocycles. The Morgan fingerprint density at radius 3 is 2.28 bits per heavy atom. The van der Waals surface area contributed by atoms with Gasteiger partial charge in [0.2, 0.25) is 0 Å². The fraction of sp³-hybridized carbons (Fsp3) is 0.409. The van der Waals surface area contributed by atoms with Crippen LogP contribution in [0.2, 0.25) is 0 Å². The molecule has 0 saturated heterocycles. The number of rotatable bonds is 11. The molecular weight excluding hydrogens is 310 g/mol. The molecule has 2 rings (SSSR count). The van der Waals surface area contributed by atoms with Crippen molar-refractivity contribution in [2.24, 2.45) is 0 Å². The van der Waals surface area contributed by atoms with E-state index < -0.39 is 6.04 Å². The highest BCUT2D eigenvalue weighted by molar-refractivity contribution is 5.88. The van der Waals surface area contributed by atoms with E-state index in [0.29, 0.717) is 12.0 Å². The van der Waals surface area contributed by atoms with Crippen LogP contribution in [0.1, 0.15) is 63.5 Å². The number of hydrogen-bond donors (Lipinski definition) is 2. The summed E-state index contributed by atoms with van der Waals surface area (Å²) in [6, 6.07) is 16.2. The highest BCUT2D eigenvalue weighted by atomic mass is 16.3. The van der Waals surface area contributed by atoms with Gasteiger partial charge < -0.3 is 10.4 Å². The molecule has 0 heterocycles.